The van der Waals surface area contributed by atoms with Gasteiger partial charge in [0.1, 0.15) is 11.6 Å². The molecule has 0 saturated carbocycles. The molecule has 0 bridgehead atoms. The van der Waals surface area contributed by atoms with E-state index >= 15 is 0 Å². The lowest BCUT2D eigenvalue weighted by molar-refractivity contribution is -0.136. The lowest BCUT2D eigenvalue weighted by atomic mass is 10.1. The Kier molecular flexibility index (Phi) is 5.67. The van der Waals surface area contributed by atoms with E-state index in [1.807, 2.05) is 32.0 Å². The Morgan fingerprint density at radius 2 is 1.94 bits per heavy atom. The molecule has 1 unspecified atom stereocenters. The van der Waals surface area contributed by atoms with E-state index in [0.717, 1.165) is 21.4 Å². The maximum Gasteiger partial charge on any atom is 0.319 e. The fourth-order valence-electron chi connectivity index (χ4n) is 3.51. The van der Waals surface area contributed by atoms with E-state index in [-0.39, 0.29) is 31.3 Å². The van der Waals surface area contributed by atoms with Crippen LogP contribution in [0.5, 0.6) is 0 Å². The number of carbonyl (C=O) groups is 3. The van der Waals surface area contributed by atoms with E-state index in [1.165, 1.54) is 0 Å². The first-order valence-corrected chi connectivity index (χ1v) is 10.2. The fourth-order valence-corrected chi connectivity index (χ4v) is 3.51. The van der Waals surface area contributed by atoms with Gasteiger partial charge in [-0.3, -0.25) is 19.7 Å². The van der Waals surface area contributed by atoms with Gasteiger partial charge in [-0.2, -0.15) is 4.68 Å². The number of rotatable bonds is 4. The van der Waals surface area contributed by atoms with Crippen molar-refractivity contribution in [3.05, 3.63) is 63.4 Å². The first kappa shape index (κ1) is 21.2. The summed E-state index contributed by atoms with van der Waals surface area (Å²) in [6.45, 7) is 4.20. The zero-order chi connectivity index (χ0) is 22.8. The van der Waals surface area contributed by atoms with Crippen LogP contribution in [-0.2, 0) is 16.1 Å². The molecule has 1 atom stereocenters. The lowest BCUT2D eigenvalue weighted by Crippen LogP contribution is -2.45. The van der Waals surface area contributed by atoms with E-state index in [2.05, 4.69) is 26.3 Å². The number of imide groups is 1. The Hall–Kier alpha value is -4.08. The number of anilines is 1. The van der Waals surface area contributed by atoms with Crippen molar-refractivity contribution in [2.45, 2.75) is 39.3 Å². The first-order chi connectivity index (χ1) is 15.3. The number of piperidine rings is 1. The third-order valence-corrected chi connectivity index (χ3v) is 5.47. The third-order valence-electron chi connectivity index (χ3n) is 5.47. The number of aryl methyl sites for hydroxylation is 2. The molecule has 1 aliphatic rings. The number of nitrogens with zero attached hydrogens (tertiary/aromatic N) is 3. The monoisotopic (exact) mass is 434 g/mol. The molecule has 32 heavy (non-hydrogen) atoms. The predicted octanol–water partition coefficient (Wildman–Crippen LogP) is 1.71. The minimum atomic E-state index is -0.868. The summed E-state index contributed by atoms with van der Waals surface area (Å²) in [5.74, 6) is -0.931. The number of nitrogens with one attached hydrogen (secondary N) is 3. The highest BCUT2D eigenvalue weighted by Crippen LogP contribution is 2.17. The summed E-state index contributed by atoms with van der Waals surface area (Å²) >= 11 is 0. The van der Waals surface area contributed by atoms with Crippen molar-refractivity contribution >= 4 is 34.4 Å². The summed E-state index contributed by atoms with van der Waals surface area (Å²) in [6.07, 6.45) is 0.333. The lowest BCUT2D eigenvalue weighted by Gasteiger charge is -2.21. The van der Waals surface area contributed by atoms with Crippen molar-refractivity contribution < 1.29 is 14.4 Å². The second-order valence-electron chi connectivity index (χ2n) is 7.76. The fraction of sp³-hybridized carbons (Fsp3) is 0.273. The zero-order valence-electron chi connectivity index (χ0n) is 17.6. The average molecular weight is 434 g/mol. The van der Waals surface area contributed by atoms with Crippen molar-refractivity contribution in [2.75, 3.05) is 5.32 Å². The van der Waals surface area contributed by atoms with Crippen molar-refractivity contribution in [1.82, 2.24) is 25.6 Å². The summed E-state index contributed by atoms with van der Waals surface area (Å²) in [5, 5.41) is 16.0. The van der Waals surface area contributed by atoms with Crippen LogP contribution in [0.3, 0.4) is 0 Å². The molecule has 2 aromatic carbocycles. The van der Waals surface area contributed by atoms with Crippen LogP contribution in [-0.4, -0.2) is 32.8 Å². The second kappa shape index (κ2) is 8.58. The number of urea groups is 1. The van der Waals surface area contributed by atoms with Gasteiger partial charge in [-0.15, -0.1) is 5.10 Å². The van der Waals surface area contributed by atoms with Crippen molar-refractivity contribution in [3.63, 3.8) is 0 Å². The summed E-state index contributed by atoms with van der Waals surface area (Å²) < 4.78 is 1.01. The Morgan fingerprint density at radius 1 is 1.12 bits per heavy atom. The molecular weight excluding hydrogens is 412 g/mol. The Bertz CT molecular complexity index is 1300. The van der Waals surface area contributed by atoms with Gasteiger partial charge >= 0.3 is 6.03 Å². The second-order valence-corrected chi connectivity index (χ2v) is 7.76. The summed E-state index contributed by atoms with van der Waals surface area (Å²) in [7, 11) is 0. The van der Waals surface area contributed by atoms with Gasteiger partial charge in [-0.05, 0) is 61.2 Å². The van der Waals surface area contributed by atoms with E-state index in [9.17, 15) is 19.2 Å². The number of amides is 4. The smallest absolute Gasteiger partial charge is 0.319 e. The summed E-state index contributed by atoms with van der Waals surface area (Å²) in [4.78, 5) is 48.4. The van der Waals surface area contributed by atoms with Crippen LogP contribution in [0.1, 0.15) is 35.6 Å². The topological polar surface area (TPSA) is 135 Å². The molecule has 4 amide bonds. The number of fused-ring (bicyclic) bond motifs is 1. The van der Waals surface area contributed by atoms with E-state index in [0.29, 0.717) is 16.6 Å². The molecule has 2 heterocycles. The molecule has 3 N–H and O–H groups in total. The zero-order valence-corrected chi connectivity index (χ0v) is 17.6. The van der Waals surface area contributed by atoms with Gasteiger partial charge in [0.05, 0.1) is 5.39 Å². The Morgan fingerprint density at radius 3 is 2.69 bits per heavy atom. The van der Waals surface area contributed by atoms with Crippen LogP contribution < -0.4 is 21.5 Å². The molecule has 0 radical (unpaired) electrons. The molecule has 1 aliphatic heterocycles. The molecule has 3 aromatic rings. The van der Waals surface area contributed by atoms with Gasteiger partial charge in [0.25, 0.3) is 11.5 Å². The van der Waals surface area contributed by atoms with Crippen LogP contribution in [0, 0.1) is 13.8 Å². The van der Waals surface area contributed by atoms with Crippen LogP contribution in [0.2, 0.25) is 0 Å². The van der Waals surface area contributed by atoms with Gasteiger partial charge in [-0.25, -0.2) is 4.79 Å². The van der Waals surface area contributed by atoms with Gasteiger partial charge in [0.2, 0.25) is 5.91 Å². The molecule has 0 spiro atoms. The van der Waals surface area contributed by atoms with E-state index in [1.54, 1.807) is 18.2 Å². The maximum absolute atomic E-state index is 12.8. The summed E-state index contributed by atoms with van der Waals surface area (Å²) in [6, 6.07) is 9.40. The van der Waals surface area contributed by atoms with E-state index in [4.69, 9.17) is 0 Å². The van der Waals surface area contributed by atoms with Gasteiger partial charge in [0, 0.05) is 18.7 Å². The molecule has 1 fully saturated rings. The normalized spacial score (nSPS) is 16.0. The molecule has 4 rings (SSSR count). The molecule has 1 saturated heterocycles. The largest absolute Gasteiger partial charge is 0.334 e. The van der Waals surface area contributed by atoms with Gasteiger partial charge in [0.15, 0.2) is 0 Å². The number of aromatic nitrogens is 3. The maximum atomic E-state index is 12.8. The molecule has 1 aromatic heterocycles. The number of carbonyl (C=O) groups excluding carboxylic acids is 3. The Balaban J connectivity index is 1.46. The molecule has 10 heteroatoms. The summed E-state index contributed by atoms with van der Waals surface area (Å²) in [5.41, 5.74) is 3.55. The minimum absolute atomic E-state index is 0.136. The van der Waals surface area contributed by atoms with Crippen molar-refractivity contribution in [1.29, 1.82) is 0 Å². The standard InChI is InChI=1S/C22H22N6O4/c1-12-3-5-15(9-13(12)2)24-22(32)23-11-14-4-6-16-17(10-14)26-27-28(21(16)31)18-7-8-19(29)25-20(18)30/h3-6,9-10,18H,7-8,11H2,1-2H3,(H2,23,24,32)(H,25,29,30). The predicted molar refractivity (Wildman–Crippen MR) is 117 cm³/mol. The molecular formula is C22H22N6O4. The highest BCUT2D eigenvalue weighted by Gasteiger charge is 2.30. The van der Waals surface area contributed by atoms with E-state index < -0.39 is 17.5 Å². The Labute approximate surface area is 183 Å². The SMILES string of the molecule is Cc1ccc(NC(=O)NCc2ccc3c(=O)n(C4CCC(=O)NC4=O)nnc3c2)cc1C. The van der Waals surface area contributed by atoms with Crippen molar-refractivity contribution in [3.8, 4) is 0 Å². The van der Waals surface area contributed by atoms with Gasteiger partial charge in [-0.1, -0.05) is 17.3 Å². The number of hydrogen-bond donors (Lipinski definition) is 3. The number of hydrogen-bond acceptors (Lipinski definition) is 6. The molecule has 0 aliphatic carbocycles. The quantitative estimate of drug-likeness (QED) is 0.535. The average Bonchev–Trinajstić information content (AvgIpc) is 2.76. The number of benzene rings is 2. The van der Waals surface area contributed by atoms with Crippen LogP contribution in [0.4, 0.5) is 10.5 Å². The highest BCUT2D eigenvalue weighted by molar-refractivity contribution is 5.99. The first-order valence-electron chi connectivity index (χ1n) is 10.2. The van der Waals surface area contributed by atoms with Crippen LogP contribution >= 0.6 is 0 Å². The van der Waals surface area contributed by atoms with Crippen LogP contribution in [0.25, 0.3) is 10.9 Å². The third kappa shape index (κ3) is 4.34. The highest BCUT2D eigenvalue weighted by atomic mass is 16.2. The minimum Gasteiger partial charge on any atom is -0.334 e. The van der Waals surface area contributed by atoms with Gasteiger partial charge < -0.3 is 10.6 Å². The van der Waals surface area contributed by atoms with Crippen LogP contribution in [0.15, 0.2) is 41.2 Å². The van der Waals surface area contributed by atoms with Crippen molar-refractivity contribution in [2.24, 2.45) is 0 Å². The molecule has 164 valence electrons. The molecule has 10 nitrogen and oxygen atoms in total.